The summed E-state index contributed by atoms with van der Waals surface area (Å²) >= 11 is 0. The van der Waals surface area contributed by atoms with Crippen LogP contribution in [0.1, 0.15) is 32.6 Å². The molecule has 0 bridgehead atoms. The Morgan fingerprint density at radius 3 is 3.00 bits per heavy atom. The second kappa shape index (κ2) is 6.59. The van der Waals surface area contributed by atoms with Crippen molar-refractivity contribution in [3.63, 3.8) is 0 Å². The third kappa shape index (κ3) is 3.72. The van der Waals surface area contributed by atoms with E-state index in [0.29, 0.717) is 12.5 Å². The van der Waals surface area contributed by atoms with Crippen LogP contribution >= 0.6 is 0 Å². The van der Waals surface area contributed by atoms with Crippen molar-refractivity contribution in [3.8, 4) is 0 Å². The Bertz CT molecular complexity index is 379. The molecule has 0 saturated carbocycles. The van der Waals surface area contributed by atoms with Crippen molar-refractivity contribution in [2.24, 2.45) is 5.92 Å². The van der Waals surface area contributed by atoms with E-state index >= 15 is 0 Å². The molecule has 2 rings (SSSR count). The van der Waals surface area contributed by atoms with E-state index in [1.807, 2.05) is 11.8 Å². The summed E-state index contributed by atoms with van der Waals surface area (Å²) in [6.45, 7) is 4.07. The number of fused-ring (bicyclic) bond motifs is 1. The number of nitrogens with zero attached hydrogens (tertiary/aromatic N) is 1. The molecule has 106 valence electrons. The molecule has 0 spiro atoms. The Kier molecular flexibility index (Phi) is 4.82. The van der Waals surface area contributed by atoms with E-state index in [1.165, 1.54) is 18.4 Å². The van der Waals surface area contributed by atoms with E-state index in [0.717, 1.165) is 25.9 Å². The Labute approximate surface area is 114 Å². The molecule has 1 aliphatic heterocycles. The summed E-state index contributed by atoms with van der Waals surface area (Å²) in [6, 6.07) is -0.275. The van der Waals surface area contributed by atoms with Crippen LogP contribution < -0.4 is 10.6 Å². The summed E-state index contributed by atoms with van der Waals surface area (Å²) in [5.74, 6) is 0.699. The third-order valence-electron chi connectivity index (χ3n) is 3.90. The Balaban J connectivity index is 1.80. The van der Waals surface area contributed by atoms with Gasteiger partial charge in [0.2, 0.25) is 5.91 Å². The predicted molar refractivity (Wildman–Crippen MR) is 73.7 cm³/mol. The molecule has 5 heteroatoms. The second-order valence-corrected chi connectivity index (χ2v) is 5.22. The molecular weight excluding hydrogens is 242 g/mol. The van der Waals surface area contributed by atoms with Gasteiger partial charge in [0.05, 0.1) is 6.54 Å². The largest absolute Gasteiger partial charge is 0.338 e. The van der Waals surface area contributed by atoms with E-state index in [9.17, 15) is 9.59 Å². The van der Waals surface area contributed by atoms with Crippen LogP contribution in [0.3, 0.4) is 0 Å². The molecule has 0 radical (unpaired) electrons. The average molecular weight is 265 g/mol. The topological polar surface area (TPSA) is 61.4 Å². The number of allylic oxidation sites excluding steroid dienone is 1. The summed E-state index contributed by atoms with van der Waals surface area (Å²) in [6.07, 6.45) is 7.06. The van der Waals surface area contributed by atoms with Gasteiger partial charge in [0.1, 0.15) is 0 Å². The molecule has 1 heterocycles. The zero-order valence-electron chi connectivity index (χ0n) is 11.6. The SMILES string of the molecule is CCNC(=O)NCC(=O)N1CCC2CCCC=C2C1. The van der Waals surface area contributed by atoms with Gasteiger partial charge in [0, 0.05) is 19.6 Å². The highest BCUT2D eigenvalue weighted by molar-refractivity contribution is 5.84. The first kappa shape index (κ1) is 13.9. The van der Waals surface area contributed by atoms with Gasteiger partial charge in [-0.2, -0.15) is 0 Å². The van der Waals surface area contributed by atoms with Crippen molar-refractivity contribution in [1.82, 2.24) is 15.5 Å². The number of carbonyl (C=O) groups is 2. The number of hydrogen-bond acceptors (Lipinski definition) is 2. The molecule has 1 unspecified atom stereocenters. The van der Waals surface area contributed by atoms with Crippen LogP contribution in [-0.4, -0.2) is 43.0 Å². The fourth-order valence-corrected chi connectivity index (χ4v) is 2.84. The molecule has 19 heavy (non-hydrogen) atoms. The number of amides is 3. The van der Waals surface area contributed by atoms with Crippen molar-refractivity contribution in [3.05, 3.63) is 11.6 Å². The lowest BCUT2D eigenvalue weighted by atomic mass is 9.82. The molecule has 5 nitrogen and oxygen atoms in total. The third-order valence-corrected chi connectivity index (χ3v) is 3.90. The minimum atomic E-state index is -0.275. The Morgan fingerprint density at radius 2 is 2.21 bits per heavy atom. The fraction of sp³-hybridized carbons (Fsp3) is 0.714. The van der Waals surface area contributed by atoms with Crippen LogP contribution in [0.2, 0.25) is 0 Å². The van der Waals surface area contributed by atoms with Gasteiger partial charge in [-0.3, -0.25) is 4.79 Å². The molecule has 1 saturated heterocycles. The molecule has 0 aromatic heterocycles. The molecule has 1 atom stereocenters. The van der Waals surface area contributed by atoms with Crippen molar-refractivity contribution in [1.29, 1.82) is 0 Å². The first-order chi connectivity index (χ1) is 9.20. The number of nitrogens with one attached hydrogen (secondary N) is 2. The van der Waals surface area contributed by atoms with Gasteiger partial charge >= 0.3 is 6.03 Å². The molecule has 2 N–H and O–H groups in total. The number of piperidine rings is 1. The highest BCUT2D eigenvalue weighted by Gasteiger charge is 2.27. The Morgan fingerprint density at radius 1 is 1.37 bits per heavy atom. The first-order valence-corrected chi connectivity index (χ1v) is 7.19. The minimum absolute atomic E-state index is 0.0103. The maximum Gasteiger partial charge on any atom is 0.315 e. The van der Waals surface area contributed by atoms with Crippen LogP contribution in [0.5, 0.6) is 0 Å². The van der Waals surface area contributed by atoms with Gasteiger partial charge in [-0.05, 0) is 38.5 Å². The van der Waals surface area contributed by atoms with Crippen molar-refractivity contribution >= 4 is 11.9 Å². The van der Waals surface area contributed by atoms with Crippen LogP contribution in [0.25, 0.3) is 0 Å². The molecule has 1 fully saturated rings. The lowest BCUT2D eigenvalue weighted by Crippen LogP contribution is -2.47. The van der Waals surface area contributed by atoms with Crippen LogP contribution in [0.4, 0.5) is 4.79 Å². The van der Waals surface area contributed by atoms with Gasteiger partial charge < -0.3 is 15.5 Å². The van der Waals surface area contributed by atoms with Gasteiger partial charge in [-0.1, -0.05) is 11.6 Å². The summed E-state index contributed by atoms with van der Waals surface area (Å²) in [5, 5.41) is 5.21. The monoisotopic (exact) mass is 265 g/mol. The number of hydrogen-bond donors (Lipinski definition) is 2. The standard InChI is InChI=1S/C14H23N3O2/c1-2-15-14(19)16-9-13(18)17-8-7-11-5-3-4-6-12(11)10-17/h6,11H,2-5,7-10H2,1H3,(H2,15,16,19). The zero-order chi connectivity index (χ0) is 13.7. The normalized spacial score (nSPS) is 22.3. The quantitative estimate of drug-likeness (QED) is 0.755. The minimum Gasteiger partial charge on any atom is -0.338 e. The Hall–Kier alpha value is -1.52. The van der Waals surface area contributed by atoms with Crippen molar-refractivity contribution in [2.45, 2.75) is 32.6 Å². The summed E-state index contributed by atoms with van der Waals surface area (Å²) in [5.41, 5.74) is 1.42. The molecule has 0 aromatic carbocycles. The highest BCUT2D eigenvalue weighted by atomic mass is 16.2. The predicted octanol–water partition coefficient (Wildman–Crippen LogP) is 1.26. The fourth-order valence-electron chi connectivity index (χ4n) is 2.84. The van der Waals surface area contributed by atoms with Gasteiger partial charge in [0.15, 0.2) is 0 Å². The molecule has 2 aliphatic rings. The summed E-state index contributed by atoms with van der Waals surface area (Å²) in [7, 11) is 0. The van der Waals surface area contributed by atoms with E-state index in [4.69, 9.17) is 0 Å². The number of carbonyl (C=O) groups excluding carboxylic acids is 2. The smallest absolute Gasteiger partial charge is 0.315 e. The number of rotatable bonds is 3. The average Bonchev–Trinajstić information content (AvgIpc) is 2.44. The van der Waals surface area contributed by atoms with Crippen molar-refractivity contribution < 1.29 is 9.59 Å². The summed E-state index contributed by atoms with van der Waals surface area (Å²) in [4.78, 5) is 25.2. The second-order valence-electron chi connectivity index (χ2n) is 5.22. The molecular formula is C14H23N3O2. The van der Waals surface area contributed by atoms with Gasteiger partial charge in [-0.25, -0.2) is 4.79 Å². The maximum absolute atomic E-state index is 12.0. The van der Waals surface area contributed by atoms with Crippen LogP contribution in [0, 0.1) is 5.92 Å². The lowest BCUT2D eigenvalue weighted by molar-refractivity contribution is -0.130. The van der Waals surface area contributed by atoms with Crippen LogP contribution in [-0.2, 0) is 4.79 Å². The molecule has 1 aliphatic carbocycles. The molecule has 0 aromatic rings. The maximum atomic E-state index is 12.0. The number of urea groups is 1. The van der Waals surface area contributed by atoms with E-state index in [-0.39, 0.29) is 18.5 Å². The first-order valence-electron chi connectivity index (χ1n) is 7.19. The van der Waals surface area contributed by atoms with Gasteiger partial charge in [-0.15, -0.1) is 0 Å². The van der Waals surface area contributed by atoms with E-state index in [1.54, 1.807) is 0 Å². The van der Waals surface area contributed by atoms with Crippen molar-refractivity contribution in [2.75, 3.05) is 26.2 Å². The lowest BCUT2D eigenvalue weighted by Gasteiger charge is -2.36. The van der Waals surface area contributed by atoms with E-state index in [2.05, 4.69) is 16.7 Å². The van der Waals surface area contributed by atoms with Crippen LogP contribution in [0.15, 0.2) is 11.6 Å². The summed E-state index contributed by atoms with van der Waals surface area (Å²) < 4.78 is 0. The zero-order valence-corrected chi connectivity index (χ0v) is 11.6. The highest BCUT2D eigenvalue weighted by Crippen LogP contribution is 2.31. The number of likely N-dealkylation sites (tertiary alicyclic amines) is 1. The van der Waals surface area contributed by atoms with E-state index < -0.39 is 0 Å². The van der Waals surface area contributed by atoms with Gasteiger partial charge in [0.25, 0.3) is 0 Å². The molecule has 3 amide bonds.